The van der Waals surface area contributed by atoms with E-state index in [4.69, 9.17) is 9.84 Å². The Kier molecular flexibility index (Phi) is 4.40. The molecule has 0 spiro atoms. The van der Waals surface area contributed by atoms with Crippen LogP contribution in [0.5, 0.6) is 0 Å². The largest absolute Gasteiger partial charge is 0.481 e. The van der Waals surface area contributed by atoms with Crippen LogP contribution in [0.1, 0.15) is 41.0 Å². The van der Waals surface area contributed by atoms with Gasteiger partial charge in [-0.3, -0.25) is 4.79 Å². The van der Waals surface area contributed by atoms with E-state index in [0.717, 1.165) is 0 Å². The van der Waals surface area contributed by atoms with Crippen LogP contribution in [0.2, 0.25) is 0 Å². The van der Waals surface area contributed by atoms with Gasteiger partial charge in [-0.2, -0.15) is 0 Å². The molecule has 13 heavy (non-hydrogen) atoms. The second-order valence-electron chi connectivity index (χ2n) is 4.61. The van der Waals surface area contributed by atoms with Gasteiger partial charge in [-0.15, -0.1) is 0 Å². The predicted octanol–water partition coefficient (Wildman–Crippen LogP) is 2.30. The Morgan fingerprint density at radius 1 is 1.38 bits per heavy atom. The van der Waals surface area contributed by atoms with E-state index in [1.807, 2.05) is 34.6 Å². The zero-order valence-electron chi connectivity index (χ0n) is 9.13. The summed E-state index contributed by atoms with van der Waals surface area (Å²) in [6.45, 7) is 9.75. The van der Waals surface area contributed by atoms with Gasteiger partial charge in [0.05, 0.1) is 18.1 Å². The maximum atomic E-state index is 10.5. The first-order chi connectivity index (χ1) is 5.72. The van der Waals surface area contributed by atoms with Gasteiger partial charge in [0.2, 0.25) is 0 Å². The highest BCUT2D eigenvalue weighted by atomic mass is 16.5. The molecule has 1 atom stereocenters. The molecule has 0 saturated carbocycles. The lowest BCUT2D eigenvalue weighted by Crippen LogP contribution is -2.32. The fourth-order valence-electron chi connectivity index (χ4n) is 1.04. The third-order valence-electron chi connectivity index (χ3n) is 1.62. The van der Waals surface area contributed by atoms with Crippen molar-refractivity contribution in [2.45, 2.75) is 52.7 Å². The fraction of sp³-hybridized carbons (Fsp3) is 0.900. The van der Waals surface area contributed by atoms with Crippen molar-refractivity contribution in [1.82, 2.24) is 0 Å². The number of rotatable bonds is 4. The van der Waals surface area contributed by atoms with E-state index in [1.54, 1.807) is 0 Å². The predicted molar refractivity (Wildman–Crippen MR) is 51.7 cm³/mol. The molecule has 0 aromatic heterocycles. The molecule has 1 unspecified atom stereocenters. The lowest BCUT2D eigenvalue weighted by Gasteiger charge is -2.29. The van der Waals surface area contributed by atoms with E-state index in [9.17, 15) is 4.79 Å². The van der Waals surface area contributed by atoms with E-state index in [0.29, 0.717) is 0 Å². The van der Waals surface area contributed by atoms with Gasteiger partial charge in [-0.05, 0) is 26.7 Å². The molecule has 0 aliphatic carbocycles. The van der Waals surface area contributed by atoms with Gasteiger partial charge in [-0.1, -0.05) is 13.8 Å². The smallest absolute Gasteiger partial charge is 0.305 e. The third-order valence-corrected chi connectivity index (χ3v) is 1.62. The van der Waals surface area contributed by atoms with Crippen molar-refractivity contribution in [1.29, 1.82) is 0 Å². The molecular weight excluding hydrogens is 168 g/mol. The van der Waals surface area contributed by atoms with Crippen LogP contribution in [0.3, 0.4) is 0 Å². The summed E-state index contributed by atoms with van der Waals surface area (Å²) >= 11 is 0. The molecule has 0 heterocycles. The summed E-state index contributed by atoms with van der Waals surface area (Å²) < 4.78 is 5.63. The SMILES string of the molecule is CC(C)C(CC(=O)O)OC(C)(C)C. The van der Waals surface area contributed by atoms with Crippen LogP contribution >= 0.6 is 0 Å². The van der Waals surface area contributed by atoms with Gasteiger partial charge < -0.3 is 9.84 Å². The average Bonchev–Trinajstić information content (AvgIpc) is 1.81. The summed E-state index contributed by atoms with van der Waals surface area (Å²) in [5, 5.41) is 8.65. The molecule has 0 saturated heterocycles. The summed E-state index contributed by atoms with van der Waals surface area (Å²) in [6.07, 6.45) is -0.118. The van der Waals surface area contributed by atoms with Crippen LogP contribution in [0, 0.1) is 5.92 Å². The van der Waals surface area contributed by atoms with Gasteiger partial charge >= 0.3 is 5.97 Å². The van der Waals surface area contributed by atoms with E-state index >= 15 is 0 Å². The monoisotopic (exact) mass is 188 g/mol. The number of carbonyl (C=O) groups is 1. The molecule has 0 radical (unpaired) electrons. The van der Waals surface area contributed by atoms with Gasteiger partial charge in [0.25, 0.3) is 0 Å². The number of carboxylic acid groups (broad SMARTS) is 1. The number of carboxylic acids is 1. The lowest BCUT2D eigenvalue weighted by atomic mass is 10.0. The first-order valence-electron chi connectivity index (χ1n) is 4.62. The number of hydrogen-bond acceptors (Lipinski definition) is 2. The molecule has 78 valence electrons. The van der Waals surface area contributed by atoms with Crippen molar-refractivity contribution in [2.75, 3.05) is 0 Å². The van der Waals surface area contributed by atoms with E-state index < -0.39 is 5.97 Å². The van der Waals surface area contributed by atoms with Crippen molar-refractivity contribution in [2.24, 2.45) is 5.92 Å². The van der Waals surface area contributed by atoms with Crippen molar-refractivity contribution >= 4 is 5.97 Å². The van der Waals surface area contributed by atoms with Gasteiger partial charge in [0.1, 0.15) is 0 Å². The Balaban J connectivity index is 4.19. The second kappa shape index (κ2) is 4.61. The zero-order chi connectivity index (χ0) is 10.6. The van der Waals surface area contributed by atoms with E-state index in [-0.39, 0.29) is 24.0 Å². The molecule has 0 bridgehead atoms. The van der Waals surface area contributed by atoms with Gasteiger partial charge in [-0.25, -0.2) is 0 Å². The van der Waals surface area contributed by atoms with Crippen molar-refractivity contribution in [3.63, 3.8) is 0 Å². The van der Waals surface area contributed by atoms with Crippen molar-refractivity contribution in [3.05, 3.63) is 0 Å². The van der Waals surface area contributed by atoms with Crippen molar-refractivity contribution in [3.8, 4) is 0 Å². The van der Waals surface area contributed by atoms with Crippen molar-refractivity contribution < 1.29 is 14.6 Å². The third kappa shape index (κ3) is 6.58. The Morgan fingerprint density at radius 2 is 1.85 bits per heavy atom. The van der Waals surface area contributed by atoms with Crippen LogP contribution in [0.25, 0.3) is 0 Å². The highest BCUT2D eigenvalue weighted by Crippen LogP contribution is 2.18. The average molecular weight is 188 g/mol. The number of hydrogen-bond donors (Lipinski definition) is 1. The molecule has 0 aliphatic heterocycles. The molecule has 0 aromatic rings. The first kappa shape index (κ1) is 12.4. The van der Waals surface area contributed by atoms with Crippen LogP contribution < -0.4 is 0 Å². The Bertz CT molecular complexity index is 167. The molecule has 3 nitrogen and oxygen atoms in total. The minimum atomic E-state index is -0.803. The second-order valence-corrected chi connectivity index (χ2v) is 4.61. The fourth-order valence-corrected chi connectivity index (χ4v) is 1.04. The molecule has 0 amide bonds. The number of ether oxygens (including phenoxy) is 1. The summed E-state index contributed by atoms with van der Waals surface area (Å²) in [5.41, 5.74) is -0.273. The molecule has 0 fully saturated rings. The van der Waals surface area contributed by atoms with Gasteiger partial charge in [0.15, 0.2) is 0 Å². The lowest BCUT2D eigenvalue weighted by molar-refractivity contribution is -0.145. The highest BCUT2D eigenvalue weighted by Gasteiger charge is 2.23. The van der Waals surface area contributed by atoms with Crippen LogP contribution in [0.15, 0.2) is 0 Å². The standard InChI is InChI=1S/C10H20O3/c1-7(2)8(6-9(11)12)13-10(3,4)5/h7-8H,6H2,1-5H3,(H,11,12). The molecular formula is C10H20O3. The van der Waals surface area contributed by atoms with E-state index in [1.165, 1.54) is 0 Å². The van der Waals surface area contributed by atoms with E-state index in [2.05, 4.69) is 0 Å². The maximum absolute atomic E-state index is 10.5. The van der Waals surface area contributed by atoms with Crippen LogP contribution in [-0.4, -0.2) is 22.8 Å². The minimum absolute atomic E-state index is 0.0783. The molecule has 0 aromatic carbocycles. The Hall–Kier alpha value is -0.570. The summed E-state index contributed by atoms with van der Waals surface area (Å²) in [5.74, 6) is -0.571. The van der Waals surface area contributed by atoms with Crippen LogP contribution in [0.4, 0.5) is 0 Å². The Morgan fingerprint density at radius 3 is 2.08 bits per heavy atom. The summed E-state index contributed by atoms with van der Waals surface area (Å²) in [6, 6.07) is 0. The Labute approximate surface area is 80.1 Å². The molecule has 0 aliphatic rings. The summed E-state index contributed by atoms with van der Waals surface area (Å²) in [4.78, 5) is 10.5. The summed E-state index contributed by atoms with van der Waals surface area (Å²) in [7, 11) is 0. The number of aliphatic carboxylic acids is 1. The topological polar surface area (TPSA) is 46.5 Å². The minimum Gasteiger partial charge on any atom is -0.481 e. The van der Waals surface area contributed by atoms with Gasteiger partial charge in [0, 0.05) is 0 Å². The first-order valence-corrected chi connectivity index (χ1v) is 4.62. The normalized spacial score (nSPS) is 14.6. The molecule has 0 rings (SSSR count). The highest BCUT2D eigenvalue weighted by molar-refractivity contribution is 5.67. The van der Waals surface area contributed by atoms with Crippen LogP contribution in [-0.2, 0) is 9.53 Å². The molecule has 3 heteroatoms. The maximum Gasteiger partial charge on any atom is 0.305 e. The zero-order valence-corrected chi connectivity index (χ0v) is 9.13. The quantitative estimate of drug-likeness (QED) is 0.736. The molecule has 1 N–H and O–H groups in total.